The van der Waals surface area contributed by atoms with Gasteiger partial charge in [-0.05, 0) is 56.5 Å². The fourth-order valence-electron chi connectivity index (χ4n) is 3.84. The fourth-order valence-corrected chi connectivity index (χ4v) is 3.84. The number of amides is 1. The number of nitrogens with one attached hydrogen (secondary N) is 1. The van der Waals surface area contributed by atoms with Crippen LogP contribution in [0.5, 0.6) is 0 Å². The van der Waals surface area contributed by atoms with Crippen molar-refractivity contribution >= 4 is 11.6 Å². The highest BCUT2D eigenvalue weighted by atomic mass is 16.3. The van der Waals surface area contributed by atoms with E-state index in [1.54, 1.807) is 19.1 Å². The Kier molecular flexibility index (Phi) is 6.93. The van der Waals surface area contributed by atoms with Gasteiger partial charge in [0.25, 0.3) is 5.91 Å². The zero-order valence-electron chi connectivity index (χ0n) is 17.8. The highest BCUT2D eigenvalue weighted by molar-refractivity contribution is 5.85. The standard InChI is InChI=1S/C24H33N3O2/c1-19-10-11-20(2)22(18-19)27-16-14-26(15-17-27)13-7-12-25-23(28)24(3,29)21-8-5-4-6-9-21/h4-6,8-11,18,29H,7,12-17H2,1-3H3,(H,25,28)/t24-/m0/s1. The van der Waals surface area contributed by atoms with Crippen LogP contribution < -0.4 is 10.2 Å². The van der Waals surface area contributed by atoms with Gasteiger partial charge in [-0.15, -0.1) is 0 Å². The third-order valence-electron chi connectivity index (χ3n) is 5.79. The first-order chi connectivity index (χ1) is 13.9. The number of nitrogens with zero attached hydrogens (tertiary/aromatic N) is 2. The van der Waals surface area contributed by atoms with Gasteiger partial charge in [-0.2, -0.15) is 0 Å². The first kappa shape index (κ1) is 21.3. The van der Waals surface area contributed by atoms with Crippen LogP contribution in [0.2, 0.25) is 0 Å². The zero-order valence-corrected chi connectivity index (χ0v) is 17.8. The molecule has 5 nitrogen and oxygen atoms in total. The van der Waals surface area contributed by atoms with Crippen LogP contribution in [0.4, 0.5) is 5.69 Å². The van der Waals surface area contributed by atoms with E-state index >= 15 is 0 Å². The maximum Gasteiger partial charge on any atom is 0.256 e. The first-order valence-corrected chi connectivity index (χ1v) is 10.5. The first-order valence-electron chi connectivity index (χ1n) is 10.5. The van der Waals surface area contributed by atoms with Gasteiger partial charge in [0.2, 0.25) is 0 Å². The van der Waals surface area contributed by atoms with Gasteiger partial charge >= 0.3 is 0 Å². The molecule has 2 aromatic carbocycles. The minimum absolute atomic E-state index is 0.344. The summed E-state index contributed by atoms with van der Waals surface area (Å²) in [4.78, 5) is 17.3. The number of aryl methyl sites for hydroxylation is 2. The second kappa shape index (κ2) is 9.42. The number of carbonyl (C=O) groups excluding carboxylic acids is 1. The van der Waals surface area contributed by atoms with Crippen LogP contribution in [-0.2, 0) is 10.4 Å². The largest absolute Gasteiger partial charge is 0.376 e. The van der Waals surface area contributed by atoms with Crippen molar-refractivity contribution in [3.8, 4) is 0 Å². The molecule has 156 valence electrons. The molecule has 0 saturated carbocycles. The number of carbonyl (C=O) groups is 1. The minimum atomic E-state index is -1.50. The molecule has 2 N–H and O–H groups in total. The molecule has 2 aromatic rings. The number of rotatable bonds is 7. The summed E-state index contributed by atoms with van der Waals surface area (Å²) in [6.07, 6.45) is 0.875. The SMILES string of the molecule is Cc1ccc(C)c(N2CCN(CCCNC(=O)[C@@](C)(O)c3ccccc3)CC2)c1. The van der Waals surface area contributed by atoms with Crippen molar-refractivity contribution in [2.24, 2.45) is 0 Å². The quantitative estimate of drug-likeness (QED) is 0.708. The van der Waals surface area contributed by atoms with Gasteiger partial charge in [-0.25, -0.2) is 0 Å². The lowest BCUT2D eigenvalue weighted by Gasteiger charge is -2.37. The highest BCUT2D eigenvalue weighted by Crippen LogP contribution is 2.23. The van der Waals surface area contributed by atoms with Crippen molar-refractivity contribution in [1.82, 2.24) is 10.2 Å². The van der Waals surface area contributed by atoms with Gasteiger partial charge in [0.05, 0.1) is 0 Å². The average Bonchev–Trinajstić information content (AvgIpc) is 2.74. The molecule has 1 saturated heterocycles. The number of benzene rings is 2. The maximum absolute atomic E-state index is 12.4. The summed E-state index contributed by atoms with van der Waals surface area (Å²) in [7, 11) is 0. The van der Waals surface area contributed by atoms with E-state index in [0.29, 0.717) is 12.1 Å². The number of aliphatic hydroxyl groups is 1. The summed E-state index contributed by atoms with van der Waals surface area (Å²) in [6, 6.07) is 15.7. The lowest BCUT2D eigenvalue weighted by Crippen LogP contribution is -2.47. The summed E-state index contributed by atoms with van der Waals surface area (Å²) in [5, 5.41) is 13.4. The summed E-state index contributed by atoms with van der Waals surface area (Å²) in [6.45, 7) is 11.5. The molecule has 1 heterocycles. The predicted octanol–water partition coefficient (Wildman–Crippen LogP) is 2.84. The van der Waals surface area contributed by atoms with Gasteiger partial charge in [-0.3, -0.25) is 9.69 Å². The summed E-state index contributed by atoms with van der Waals surface area (Å²) in [5.74, 6) is -0.344. The summed E-state index contributed by atoms with van der Waals surface area (Å²) < 4.78 is 0. The second-order valence-corrected chi connectivity index (χ2v) is 8.17. The normalized spacial score (nSPS) is 17.0. The third kappa shape index (κ3) is 5.37. The fraction of sp³-hybridized carbons (Fsp3) is 0.458. The lowest BCUT2D eigenvalue weighted by molar-refractivity contribution is -0.139. The van der Waals surface area contributed by atoms with Crippen LogP contribution >= 0.6 is 0 Å². The van der Waals surface area contributed by atoms with E-state index in [1.807, 2.05) is 18.2 Å². The van der Waals surface area contributed by atoms with Crippen LogP contribution in [0.1, 0.15) is 30.0 Å². The van der Waals surface area contributed by atoms with Crippen LogP contribution in [0.15, 0.2) is 48.5 Å². The van der Waals surface area contributed by atoms with Crippen molar-refractivity contribution in [2.75, 3.05) is 44.2 Å². The molecule has 0 bridgehead atoms. The van der Waals surface area contributed by atoms with Gasteiger partial charge in [0.15, 0.2) is 5.60 Å². The van der Waals surface area contributed by atoms with Gasteiger partial charge in [-0.1, -0.05) is 42.5 Å². The summed E-state index contributed by atoms with van der Waals surface area (Å²) in [5.41, 5.74) is 3.09. The summed E-state index contributed by atoms with van der Waals surface area (Å²) >= 11 is 0. The number of hydrogen-bond acceptors (Lipinski definition) is 4. The molecule has 0 spiro atoms. The molecule has 0 aromatic heterocycles. The Balaban J connectivity index is 1.40. The molecular formula is C24H33N3O2. The number of hydrogen-bond donors (Lipinski definition) is 2. The van der Waals surface area contributed by atoms with Gasteiger partial charge < -0.3 is 15.3 Å². The molecule has 1 aliphatic heterocycles. The smallest absolute Gasteiger partial charge is 0.256 e. The molecule has 29 heavy (non-hydrogen) atoms. The Bertz CT molecular complexity index is 812. The van der Waals surface area contributed by atoms with E-state index in [4.69, 9.17) is 0 Å². The van der Waals surface area contributed by atoms with E-state index < -0.39 is 5.60 Å². The second-order valence-electron chi connectivity index (χ2n) is 8.17. The maximum atomic E-state index is 12.4. The number of anilines is 1. The molecule has 5 heteroatoms. The highest BCUT2D eigenvalue weighted by Gasteiger charge is 2.31. The molecule has 3 rings (SSSR count). The van der Waals surface area contributed by atoms with Crippen molar-refractivity contribution in [3.05, 3.63) is 65.2 Å². The monoisotopic (exact) mass is 395 g/mol. The Labute approximate surface area is 174 Å². The molecular weight excluding hydrogens is 362 g/mol. The van der Waals surface area contributed by atoms with Crippen molar-refractivity contribution < 1.29 is 9.90 Å². The Morgan fingerprint density at radius 1 is 1.07 bits per heavy atom. The lowest BCUT2D eigenvalue weighted by atomic mass is 9.95. The molecule has 1 amide bonds. The molecule has 1 fully saturated rings. The molecule has 1 atom stereocenters. The van der Waals surface area contributed by atoms with Crippen LogP contribution in [0, 0.1) is 13.8 Å². The van der Waals surface area contributed by atoms with Crippen molar-refractivity contribution in [2.45, 2.75) is 32.8 Å². The van der Waals surface area contributed by atoms with Crippen LogP contribution in [-0.4, -0.2) is 55.2 Å². The topological polar surface area (TPSA) is 55.8 Å². The van der Waals surface area contributed by atoms with E-state index in [-0.39, 0.29) is 5.91 Å². The van der Waals surface area contributed by atoms with Crippen molar-refractivity contribution in [1.29, 1.82) is 0 Å². The minimum Gasteiger partial charge on any atom is -0.376 e. The predicted molar refractivity (Wildman–Crippen MR) is 118 cm³/mol. The van der Waals surface area contributed by atoms with Gasteiger partial charge in [0.1, 0.15) is 0 Å². The van der Waals surface area contributed by atoms with Crippen LogP contribution in [0.25, 0.3) is 0 Å². The van der Waals surface area contributed by atoms with Gasteiger partial charge in [0, 0.05) is 38.4 Å². The molecule has 0 radical (unpaired) electrons. The Morgan fingerprint density at radius 2 is 1.76 bits per heavy atom. The molecule has 0 aliphatic carbocycles. The number of piperazine rings is 1. The Morgan fingerprint density at radius 3 is 2.45 bits per heavy atom. The van der Waals surface area contributed by atoms with E-state index in [2.05, 4.69) is 47.2 Å². The zero-order chi connectivity index (χ0) is 20.9. The molecule has 1 aliphatic rings. The van der Waals surface area contributed by atoms with Crippen molar-refractivity contribution in [3.63, 3.8) is 0 Å². The average molecular weight is 396 g/mol. The van der Waals surface area contributed by atoms with Crippen LogP contribution in [0.3, 0.4) is 0 Å². The van der Waals surface area contributed by atoms with E-state index in [1.165, 1.54) is 16.8 Å². The molecule has 0 unspecified atom stereocenters. The third-order valence-corrected chi connectivity index (χ3v) is 5.79. The van der Waals surface area contributed by atoms with E-state index in [0.717, 1.165) is 39.1 Å². The Hall–Kier alpha value is -2.37. The van der Waals surface area contributed by atoms with E-state index in [9.17, 15) is 9.90 Å².